The van der Waals surface area contributed by atoms with Crippen LogP contribution in [0.3, 0.4) is 0 Å². The molecule has 0 fully saturated rings. The summed E-state index contributed by atoms with van der Waals surface area (Å²) >= 11 is 0. The molecule has 0 saturated heterocycles. The number of aromatic carboxylic acids is 1. The summed E-state index contributed by atoms with van der Waals surface area (Å²) in [6, 6.07) is 1.57. The molecular weight excluding hydrogens is 194 g/mol. The first-order valence-electron chi connectivity index (χ1n) is 3.94. The molecule has 0 amide bonds. The van der Waals surface area contributed by atoms with Crippen molar-refractivity contribution in [2.75, 3.05) is 0 Å². The molecule has 1 rings (SSSR count). The Labute approximate surface area is 79.6 Å². The topological polar surface area (TPSA) is 57.5 Å². The molecule has 0 atom stereocenters. The molecule has 14 heavy (non-hydrogen) atoms. The quantitative estimate of drug-likeness (QED) is 0.738. The number of benzene rings is 1. The molecule has 5 heteroatoms. The van der Waals surface area contributed by atoms with Crippen LogP contribution in [0, 0.1) is 11.6 Å². The second kappa shape index (κ2) is 5.16. The van der Waals surface area contributed by atoms with Crippen molar-refractivity contribution in [3.05, 3.63) is 29.3 Å². The van der Waals surface area contributed by atoms with Gasteiger partial charge in [0.1, 0.15) is 0 Å². The number of aromatic hydroxyl groups is 1. The Kier molecular flexibility index (Phi) is 4.55. The lowest BCUT2D eigenvalue weighted by Crippen LogP contribution is -2.02. The number of carbonyl (C=O) groups is 1. The van der Waals surface area contributed by atoms with Gasteiger partial charge in [0.2, 0.25) is 5.82 Å². The molecular formula is C9H10F2O3. The lowest BCUT2D eigenvalue weighted by Gasteiger charge is -1.99. The lowest BCUT2D eigenvalue weighted by molar-refractivity contribution is 0.0690. The average molecular weight is 204 g/mol. The first-order chi connectivity index (χ1) is 6.54. The molecule has 0 heterocycles. The summed E-state index contributed by atoms with van der Waals surface area (Å²) in [6.45, 7) is 4.00. The van der Waals surface area contributed by atoms with Gasteiger partial charge in [-0.15, -0.1) is 0 Å². The minimum Gasteiger partial charge on any atom is -0.505 e. The maximum Gasteiger partial charge on any atom is 0.338 e. The van der Waals surface area contributed by atoms with E-state index in [0.717, 1.165) is 12.1 Å². The molecule has 0 spiro atoms. The van der Waals surface area contributed by atoms with Gasteiger partial charge in [-0.05, 0) is 12.1 Å². The molecule has 1 aromatic carbocycles. The molecule has 0 aliphatic rings. The van der Waals surface area contributed by atoms with Crippen molar-refractivity contribution >= 4 is 5.97 Å². The van der Waals surface area contributed by atoms with Gasteiger partial charge in [-0.3, -0.25) is 0 Å². The van der Waals surface area contributed by atoms with Gasteiger partial charge < -0.3 is 10.2 Å². The van der Waals surface area contributed by atoms with Crippen LogP contribution >= 0.6 is 0 Å². The van der Waals surface area contributed by atoms with Crippen LogP contribution in [-0.4, -0.2) is 16.2 Å². The number of phenolic OH excluding ortho intramolecular Hbond substituents is 1. The molecule has 0 saturated carbocycles. The Hall–Kier alpha value is -1.65. The van der Waals surface area contributed by atoms with E-state index in [2.05, 4.69) is 0 Å². The van der Waals surface area contributed by atoms with Gasteiger partial charge in [0.15, 0.2) is 11.6 Å². The highest BCUT2D eigenvalue weighted by Crippen LogP contribution is 2.20. The zero-order valence-corrected chi connectivity index (χ0v) is 7.71. The normalized spacial score (nSPS) is 8.86. The van der Waals surface area contributed by atoms with E-state index in [1.807, 2.05) is 13.8 Å². The van der Waals surface area contributed by atoms with Crippen LogP contribution in [0.2, 0.25) is 0 Å². The number of carboxylic acid groups (broad SMARTS) is 1. The number of phenols is 1. The molecule has 3 nitrogen and oxygen atoms in total. The van der Waals surface area contributed by atoms with E-state index in [1.54, 1.807) is 0 Å². The van der Waals surface area contributed by atoms with E-state index in [0.29, 0.717) is 0 Å². The van der Waals surface area contributed by atoms with Crippen molar-refractivity contribution in [1.82, 2.24) is 0 Å². The van der Waals surface area contributed by atoms with Gasteiger partial charge in [-0.2, -0.15) is 4.39 Å². The predicted molar refractivity (Wildman–Crippen MR) is 46.3 cm³/mol. The van der Waals surface area contributed by atoms with Crippen molar-refractivity contribution in [3.8, 4) is 5.75 Å². The number of hydrogen-bond acceptors (Lipinski definition) is 2. The van der Waals surface area contributed by atoms with Crippen molar-refractivity contribution in [3.63, 3.8) is 0 Å². The summed E-state index contributed by atoms with van der Waals surface area (Å²) in [4.78, 5) is 10.2. The Bertz CT molecular complexity index is 337. The summed E-state index contributed by atoms with van der Waals surface area (Å²) < 4.78 is 25.1. The summed E-state index contributed by atoms with van der Waals surface area (Å²) in [5.41, 5.74) is -0.801. The van der Waals surface area contributed by atoms with Crippen molar-refractivity contribution in [2.24, 2.45) is 0 Å². The highest BCUT2D eigenvalue weighted by Gasteiger charge is 2.16. The zero-order chi connectivity index (χ0) is 11.3. The summed E-state index contributed by atoms with van der Waals surface area (Å²) in [7, 11) is 0. The Morgan fingerprint density at radius 3 is 2.14 bits per heavy atom. The Morgan fingerprint density at radius 2 is 1.71 bits per heavy atom. The smallest absolute Gasteiger partial charge is 0.338 e. The first kappa shape index (κ1) is 12.3. The Morgan fingerprint density at radius 1 is 1.21 bits per heavy atom. The lowest BCUT2D eigenvalue weighted by atomic mass is 10.2. The minimum absolute atomic E-state index is 0.780. The molecule has 78 valence electrons. The number of carboxylic acids is 1. The Balaban J connectivity index is 0.000000791. The van der Waals surface area contributed by atoms with Crippen LogP contribution in [0.5, 0.6) is 5.75 Å². The van der Waals surface area contributed by atoms with Crippen LogP contribution in [0.4, 0.5) is 8.78 Å². The third-order valence-corrected chi connectivity index (χ3v) is 1.29. The molecule has 0 bridgehead atoms. The zero-order valence-electron chi connectivity index (χ0n) is 7.71. The fourth-order valence-corrected chi connectivity index (χ4v) is 0.704. The fourth-order valence-electron chi connectivity index (χ4n) is 0.704. The van der Waals surface area contributed by atoms with Crippen LogP contribution in [-0.2, 0) is 0 Å². The molecule has 0 aliphatic heterocycles. The second-order valence-corrected chi connectivity index (χ2v) is 2.07. The first-order valence-corrected chi connectivity index (χ1v) is 3.94. The van der Waals surface area contributed by atoms with Crippen molar-refractivity contribution in [1.29, 1.82) is 0 Å². The van der Waals surface area contributed by atoms with Gasteiger partial charge in [0.25, 0.3) is 0 Å². The third-order valence-electron chi connectivity index (χ3n) is 1.29. The van der Waals surface area contributed by atoms with E-state index in [9.17, 15) is 13.6 Å². The number of rotatable bonds is 1. The van der Waals surface area contributed by atoms with Crippen LogP contribution in [0.25, 0.3) is 0 Å². The standard InChI is InChI=1S/C7H4F2O3.C2H6/c8-5-3(7(11)12)1-2-4(10)6(5)9;1-2/h1-2,10H,(H,11,12);1-2H3. The molecule has 2 N–H and O–H groups in total. The molecule has 0 aliphatic carbocycles. The van der Waals surface area contributed by atoms with Gasteiger partial charge in [0, 0.05) is 0 Å². The van der Waals surface area contributed by atoms with E-state index in [-0.39, 0.29) is 0 Å². The third kappa shape index (κ3) is 2.42. The summed E-state index contributed by atoms with van der Waals surface area (Å²) in [5, 5.41) is 16.9. The van der Waals surface area contributed by atoms with E-state index in [4.69, 9.17) is 10.2 Å². The van der Waals surface area contributed by atoms with Gasteiger partial charge in [-0.25, -0.2) is 9.18 Å². The summed E-state index contributed by atoms with van der Waals surface area (Å²) in [5.74, 6) is -5.58. The molecule has 0 radical (unpaired) electrons. The maximum absolute atomic E-state index is 12.6. The molecule has 1 aromatic rings. The number of hydrogen-bond donors (Lipinski definition) is 2. The van der Waals surface area contributed by atoms with Gasteiger partial charge in [-0.1, -0.05) is 13.8 Å². The highest BCUT2D eigenvalue weighted by atomic mass is 19.2. The molecule has 0 aromatic heterocycles. The van der Waals surface area contributed by atoms with Crippen molar-refractivity contribution < 1.29 is 23.8 Å². The van der Waals surface area contributed by atoms with Crippen molar-refractivity contribution in [2.45, 2.75) is 13.8 Å². The van der Waals surface area contributed by atoms with E-state index < -0.39 is 28.9 Å². The van der Waals surface area contributed by atoms with Crippen LogP contribution < -0.4 is 0 Å². The average Bonchev–Trinajstić information content (AvgIpc) is 2.17. The highest BCUT2D eigenvalue weighted by molar-refractivity contribution is 5.88. The van der Waals surface area contributed by atoms with Crippen LogP contribution in [0.15, 0.2) is 12.1 Å². The van der Waals surface area contributed by atoms with E-state index in [1.165, 1.54) is 0 Å². The summed E-state index contributed by atoms with van der Waals surface area (Å²) in [6.07, 6.45) is 0. The fraction of sp³-hybridized carbons (Fsp3) is 0.222. The second-order valence-electron chi connectivity index (χ2n) is 2.07. The largest absolute Gasteiger partial charge is 0.505 e. The van der Waals surface area contributed by atoms with Crippen LogP contribution in [0.1, 0.15) is 24.2 Å². The minimum atomic E-state index is -1.58. The van der Waals surface area contributed by atoms with Gasteiger partial charge in [0.05, 0.1) is 5.56 Å². The monoisotopic (exact) mass is 204 g/mol. The SMILES string of the molecule is CC.O=C(O)c1ccc(O)c(F)c1F. The predicted octanol–water partition coefficient (Wildman–Crippen LogP) is 2.39. The maximum atomic E-state index is 12.6. The molecule has 0 unspecified atom stereocenters. The number of halogens is 2. The van der Waals surface area contributed by atoms with E-state index >= 15 is 0 Å². The van der Waals surface area contributed by atoms with Gasteiger partial charge >= 0.3 is 5.97 Å².